The maximum absolute atomic E-state index is 12.5. The Balaban J connectivity index is 1.75. The van der Waals surface area contributed by atoms with Crippen molar-refractivity contribution in [1.82, 2.24) is 19.1 Å². The number of hydrogen-bond donors (Lipinski definition) is 2. The van der Waals surface area contributed by atoms with Crippen LogP contribution >= 0.6 is 0 Å². The number of hydrogen-bond acceptors (Lipinski definition) is 5. The number of nitrogens with zero attached hydrogens (tertiary/aromatic N) is 3. The van der Waals surface area contributed by atoms with Gasteiger partial charge in [0.25, 0.3) is 5.56 Å². The second-order valence-electron chi connectivity index (χ2n) is 6.92. The fourth-order valence-corrected chi connectivity index (χ4v) is 3.56. The van der Waals surface area contributed by atoms with Crippen LogP contribution in [0.15, 0.2) is 39.9 Å². The molecule has 0 aliphatic heterocycles. The minimum atomic E-state index is -0.481. The van der Waals surface area contributed by atoms with E-state index in [2.05, 4.69) is 15.3 Å². The zero-order valence-corrected chi connectivity index (χ0v) is 15.3. The number of aromatic nitrogens is 4. The maximum atomic E-state index is 12.5. The number of ether oxygens (including phenoxy) is 1. The van der Waals surface area contributed by atoms with Crippen LogP contribution in [-0.2, 0) is 13.8 Å². The second-order valence-corrected chi connectivity index (χ2v) is 6.92. The van der Waals surface area contributed by atoms with Crippen molar-refractivity contribution in [2.24, 2.45) is 7.05 Å². The zero-order chi connectivity index (χ0) is 18.8. The summed E-state index contributed by atoms with van der Waals surface area (Å²) in [5.74, 6) is 1.25. The van der Waals surface area contributed by atoms with E-state index in [1.54, 1.807) is 11.6 Å². The Morgan fingerprint density at radius 1 is 1.19 bits per heavy atom. The molecule has 0 saturated heterocycles. The molecule has 1 fully saturated rings. The summed E-state index contributed by atoms with van der Waals surface area (Å²) >= 11 is 0. The van der Waals surface area contributed by atoms with E-state index >= 15 is 0 Å². The monoisotopic (exact) mass is 369 g/mol. The predicted octanol–water partition coefficient (Wildman–Crippen LogP) is 2.20. The summed E-state index contributed by atoms with van der Waals surface area (Å²) in [4.78, 5) is 31.3. The molecule has 0 spiro atoms. The number of H-pyrrole nitrogens is 1. The van der Waals surface area contributed by atoms with Gasteiger partial charge in [-0.1, -0.05) is 37.5 Å². The molecule has 2 N–H and O–H groups in total. The number of rotatable bonds is 5. The molecule has 0 amide bonds. The molecule has 0 unspecified atom stereocenters. The summed E-state index contributed by atoms with van der Waals surface area (Å²) in [6, 6.07) is 9.71. The number of nitrogens with one attached hydrogen (secondary N) is 2. The molecule has 142 valence electrons. The van der Waals surface area contributed by atoms with Crippen molar-refractivity contribution in [1.29, 1.82) is 0 Å². The summed E-state index contributed by atoms with van der Waals surface area (Å²) in [6.45, 7) is 0.122. The molecule has 8 nitrogen and oxygen atoms in total. The van der Waals surface area contributed by atoms with Gasteiger partial charge in [0, 0.05) is 13.1 Å². The Hall–Kier alpha value is -3.03. The molecule has 1 aliphatic carbocycles. The third kappa shape index (κ3) is 3.47. The minimum Gasteiger partial charge on any atom is -0.473 e. The van der Waals surface area contributed by atoms with E-state index in [4.69, 9.17) is 4.74 Å². The van der Waals surface area contributed by atoms with Crippen LogP contribution in [-0.4, -0.2) is 25.1 Å². The fraction of sp³-hybridized carbons (Fsp3) is 0.421. The standard InChI is InChI=1S/C19H23N5O3/c1-23-16-15(17(25)22-19(23)26)24(12-27-14-10-6-3-7-11-14)18(21-16)20-13-8-4-2-5-9-13/h3,6-7,10-11,13H,2,4-5,8-9,12H2,1H3,(H,20,21)(H,22,25,26). The molecular formula is C19H23N5O3. The average molecular weight is 369 g/mol. The summed E-state index contributed by atoms with van der Waals surface area (Å²) < 4.78 is 8.91. The van der Waals surface area contributed by atoms with Gasteiger partial charge in [0.2, 0.25) is 5.95 Å². The van der Waals surface area contributed by atoms with Gasteiger partial charge in [-0.15, -0.1) is 0 Å². The Morgan fingerprint density at radius 3 is 2.67 bits per heavy atom. The van der Waals surface area contributed by atoms with E-state index in [9.17, 15) is 9.59 Å². The molecule has 2 heterocycles. The molecule has 3 aromatic rings. The van der Waals surface area contributed by atoms with Crippen molar-refractivity contribution >= 4 is 17.1 Å². The summed E-state index contributed by atoms with van der Waals surface area (Å²) in [6.07, 6.45) is 5.74. The van der Waals surface area contributed by atoms with Crippen molar-refractivity contribution in [3.8, 4) is 5.75 Å². The number of anilines is 1. The molecule has 0 bridgehead atoms. The molecule has 1 aliphatic rings. The SMILES string of the molecule is Cn1c(=O)[nH]c(=O)c2c1nc(NC1CCCCC1)n2COc1ccccc1. The molecule has 2 aromatic heterocycles. The summed E-state index contributed by atoms with van der Waals surface area (Å²) in [7, 11) is 1.60. The van der Waals surface area contributed by atoms with Gasteiger partial charge < -0.3 is 10.1 Å². The molecule has 27 heavy (non-hydrogen) atoms. The number of aromatic amines is 1. The molecular weight excluding hydrogens is 346 g/mol. The average Bonchev–Trinajstić information content (AvgIpc) is 3.05. The van der Waals surface area contributed by atoms with Crippen molar-refractivity contribution in [2.45, 2.75) is 44.9 Å². The Kier molecular flexibility index (Phi) is 4.70. The van der Waals surface area contributed by atoms with E-state index in [-0.39, 0.29) is 6.73 Å². The lowest BCUT2D eigenvalue weighted by Crippen LogP contribution is -2.29. The van der Waals surface area contributed by atoms with Crippen LogP contribution in [0.1, 0.15) is 32.1 Å². The van der Waals surface area contributed by atoms with Crippen molar-refractivity contribution in [2.75, 3.05) is 5.32 Å². The quantitative estimate of drug-likeness (QED) is 0.719. The van der Waals surface area contributed by atoms with Gasteiger partial charge in [-0.2, -0.15) is 4.98 Å². The molecule has 4 rings (SSSR count). The molecule has 1 aromatic carbocycles. The second kappa shape index (κ2) is 7.30. The topological polar surface area (TPSA) is 93.9 Å². The smallest absolute Gasteiger partial charge is 0.329 e. The third-order valence-corrected chi connectivity index (χ3v) is 5.05. The first-order valence-electron chi connectivity index (χ1n) is 9.27. The van der Waals surface area contributed by atoms with Gasteiger partial charge in [0.15, 0.2) is 17.9 Å². The van der Waals surface area contributed by atoms with Crippen LogP contribution < -0.4 is 21.3 Å². The largest absolute Gasteiger partial charge is 0.473 e. The number of imidazole rings is 1. The highest BCUT2D eigenvalue weighted by Gasteiger charge is 2.21. The Bertz CT molecular complexity index is 1040. The lowest BCUT2D eigenvalue weighted by molar-refractivity contribution is 0.242. The number of aryl methyl sites for hydroxylation is 1. The lowest BCUT2D eigenvalue weighted by Gasteiger charge is -2.23. The summed E-state index contributed by atoms with van der Waals surface area (Å²) in [5, 5.41) is 3.45. The summed E-state index contributed by atoms with van der Waals surface area (Å²) in [5.41, 5.74) is -0.274. The van der Waals surface area contributed by atoms with E-state index in [1.165, 1.54) is 23.8 Å². The van der Waals surface area contributed by atoms with E-state index in [1.807, 2.05) is 30.3 Å². The Morgan fingerprint density at radius 2 is 1.93 bits per heavy atom. The number of para-hydroxylation sites is 1. The maximum Gasteiger partial charge on any atom is 0.329 e. The van der Waals surface area contributed by atoms with Crippen molar-refractivity contribution in [3.63, 3.8) is 0 Å². The van der Waals surface area contributed by atoms with Crippen LogP contribution in [0.25, 0.3) is 11.2 Å². The van der Waals surface area contributed by atoms with Gasteiger partial charge in [-0.3, -0.25) is 18.9 Å². The highest BCUT2D eigenvalue weighted by Crippen LogP contribution is 2.23. The van der Waals surface area contributed by atoms with E-state index in [0.717, 1.165) is 12.8 Å². The first-order chi connectivity index (χ1) is 13.1. The first kappa shape index (κ1) is 17.4. The number of benzene rings is 1. The van der Waals surface area contributed by atoms with Crippen LogP contribution in [0.2, 0.25) is 0 Å². The highest BCUT2D eigenvalue weighted by atomic mass is 16.5. The first-order valence-corrected chi connectivity index (χ1v) is 9.27. The van der Waals surface area contributed by atoms with Crippen molar-refractivity contribution < 1.29 is 4.74 Å². The third-order valence-electron chi connectivity index (χ3n) is 5.05. The molecule has 0 atom stereocenters. The van der Waals surface area contributed by atoms with Crippen LogP contribution in [0.3, 0.4) is 0 Å². The van der Waals surface area contributed by atoms with Gasteiger partial charge in [-0.25, -0.2) is 4.79 Å². The van der Waals surface area contributed by atoms with E-state index < -0.39 is 11.2 Å². The van der Waals surface area contributed by atoms with E-state index in [0.29, 0.717) is 28.9 Å². The van der Waals surface area contributed by atoms with Crippen LogP contribution in [0.5, 0.6) is 5.75 Å². The predicted molar refractivity (Wildman–Crippen MR) is 103 cm³/mol. The van der Waals surface area contributed by atoms with Gasteiger partial charge in [0.05, 0.1) is 0 Å². The van der Waals surface area contributed by atoms with Crippen LogP contribution in [0, 0.1) is 0 Å². The van der Waals surface area contributed by atoms with Crippen LogP contribution in [0.4, 0.5) is 5.95 Å². The Labute approximate surface area is 155 Å². The number of fused-ring (bicyclic) bond motifs is 1. The highest BCUT2D eigenvalue weighted by molar-refractivity contribution is 5.74. The molecule has 1 saturated carbocycles. The zero-order valence-electron chi connectivity index (χ0n) is 15.3. The fourth-order valence-electron chi connectivity index (χ4n) is 3.56. The van der Waals surface area contributed by atoms with Gasteiger partial charge in [0.1, 0.15) is 5.75 Å². The van der Waals surface area contributed by atoms with Gasteiger partial charge >= 0.3 is 5.69 Å². The minimum absolute atomic E-state index is 0.122. The lowest BCUT2D eigenvalue weighted by atomic mass is 9.96. The molecule has 8 heteroatoms. The van der Waals surface area contributed by atoms with Gasteiger partial charge in [-0.05, 0) is 25.0 Å². The molecule has 0 radical (unpaired) electrons. The normalized spacial score (nSPS) is 15.1. The van der Waals surface area contributed by atoms with Crippen molar-refractivity contribution in [3.05, 3.63) is 51.2 Å².